The number of aliphatic imine (C=N–C) groups is 1. The van der Waals surface area contributed by atoms with Gasteiger partial charge in [-0.25, -0.2) is 0 Å². The van der Waals surface area contributed by atoms with Gasteiger partial charge in [-0.1, -0.05) is 33.1 Å². The molecule has 0 spiro atoms. The SMILES string of the molecule is CN=C(NCCNC(=O)C1CCCCC1)NCCC(C)C. The number of hydrogen-bond acceptors (Lipinski definition) is 2. The highest BCUT2D eigenvalue weighted by Gasteiger charge is 2.20. The molecule has 0 aliphatic heterocycles. The van der Waals surface area contributed by atoms with Crippen LogP contribution in [0.25, 0.3) is 0 Å². The van der Waals surface area contributed by atoms with Gasteiger partial charge in [-0.15, -0.1) is 0 Å². The summed E-state index contributed by atoms with van der Waals surface area (Å²) in [5, 5.41) is 9.53. The molecule has 3 N–H and O–H groups in total. The Bertz CT molecular complexity index is 322. The highest BCUT2D eigenvalue weighted by molar-refractivity contribution is 5.80. The van der Waals surface area contributed by atoms with Crippen LogP contribution < -0.4 is 16.0 Å². The monoisotopic (exact) mass is 296 g/mol. The Kier molecular flexibility index (Phi) is 8.87. The highest BCUT2D eigenvalue weighted by Crippen LogP contribution is 2.23. The van der Waals surface area contributed by atoms with Gasteiger partial charge < -0.3 is 16.0 Å². The number of carbonyl (C=O) groups is 1. The molecule has 0 radical (unpaired) electrons. The molecule has 0 heterocycles. The van der Waals surface area contributed by atoms with Crippen LogP contribution in [0.2, 0.25) is 0 Å². The summed E-state index contributed by atoms with van der Waals surface area (Å²) in [5.74, 6) is 1.95. The molecule has 0 atom stereocenters. The first-order valence-corrected chi connectivity index (χ1v) is 8.35. The van der Waals surface area contributed by atoms with E-state index in [1.54, 1.807) is 7.05 Å². The van der Waals surface area contributed by atoms with Gasteiger partial charge in [0, 0.05) is 32.6 Å². The number of guanidine groups is 1. The Morgan fingerprint density at radius 3 is 2.29 bits per heavy atom. The highest BCUT2D eigenvalue weighted by atomic mass is 16.1. The van der Waals surface area contributed by atoms with Gasteiger partial charge in [0.15, 0.2) is 5.96 Å². The van der Waals surface area contributed by atoms with Crippen LogP contribution in [0, 0.1) is 11.8 Å². The lowest BCUT2D eigenvalue weighted by atomic mass is 9.89. The maximum absolute atomic E-state index is 12.0. The molecule has 1 saturated carbocycles. The van der Waals surface area contributed by atoms with E-state index in [-0.39, 0.29) is 11.8 Å². The lowest BCUT2D eigenvalue weighted by Crippen LogP contribution is -2.43. The van der Waals surface area contributed by atoms with Crippen molar-refractivity contribution >= 4 is 11.9 Å². The quantitative estimate of drug-likeness (QED) is 0.382. The minimum atomic E-state index is 0.222. The molecule has 1 rings (SSSR count). The molecular weight excluding hydrogens is 264 g/mol. The summed E-state index contributed by atoms with van der Waals surface area (Å²) in [7, 11) is 1.77. The van der Waals surface area contributed by atoms with Crippen molar-refractivity contribution < 1.29 is 4.79 Å². The van der Waals surface area contributed by atoms with Crippen LogP contribution >= 0.6 is 0 Å². The van der Waals surface area contributed by atoms with E-state index >= 15 is 0 Å². The summed E-state index contributed by atoms with van der Waals surface area (Å²) in [6, 6.07) is 0. The molecule has 0 aromatic heterocycles. The summed E-state index contributed by atoms with van der Waals surface area (Å²) in [6.07, 6.45) is 6.91. The van der Waals surface area contributed by atoms with Crippen molar-refractivity contribution in [2.24, 2.45) is 16.8 Å². The van der Waals surface area contributed by atoms with Crippen molar-refractivity contribution in [2.45, 2.75) is 52.4 Å². The molecule has 0 bridgehead atoms. The average Bonchev–Trinajstić information content (AvgIpc) is 2.50. The van der Waals surface area contributed by atoms with Gasteiger partial charge in [0.2, 0.25) is 5.91 Å². The van der Waals surface area contributed by atoms with Crippen LogP contribution in [-0.2, 0) is 4.79 Å². The summed E-state index contributed by atoms with van der Waals surface area (Å²) in [4.78, 5) is 16.1. The fraction of sp³-hybridized carbons (Fsp3) is 0.875. The van der Waals surface area contributed by atoms with Gasteiger partial charge in [-0.05, 0) is 25.2 Å². The second-order valence-corrected chi connectivity index (χ2v) is 6.23. The van der Waals surface area contributed by atoms with Crippen molar-refractivity contribution in [3.63, 3.8) is 0 Å². The minimum absolute atomic E-state index is 0.222. The van der Waals surface area contributed by atoms with Crippen LogP contribution in [0.3, 0.4) is 0 Å². The standard InChI is InChI=1S/C16H32N4O/c1-13(2)9-10-19-16(17-3)20-12-11-18-15(21)14-7-5-4-6-8-14/h13-14H,4-12H2,1-3H3,(H,18,21)(H2,17,19,20). The number of hydrogen-bond donors (Lipinski definition) is 3. The molecule has 1 amide bonds. The van der Waals surface area contributed by atoms with E-state index in [2.05, 4.69) is 34.8 Å². The maximum Gasteiger partial charge on any atom is 0.223 e. The fourth-order valence-electron chi connectivity index (χ4n) is 2.58. The van der Waals surface area contributed by atoms with Gasteiger partial charge >= 0.3 is 0 Å². The van der Waals surface area contributed by atoms with E-state index < -0.39 is 0 Å². The van der Waals surface area contributed by atoms with Crippen LogP contribution in [0.4, 0.5) is 0 Å². The lowest BCUT2D eigenvalue weighted by Gasteiger charge is -2.21. The maximum atomic E-state index is 12.0. The van der Waals surface area contributed by atoms with Gasteiger partial charge in [-0.2, -0.15) is 0 Å². The predicted molar refractivity (Wildman–Crippen MR) is 88.4 cm³/mol. The van der Waals surface area contributed by atoms with Crippen molar-refractivity contribution in [2.75, 3.05) is 26.7 Å². The summed E-state index contributed by atoms with van der Waals surface area (Å²) < 4.78 is 0. The van der Waals surface area contributed by atoms with Crippen molar-refractivity contribution in [1.29, 1.82) is 0 Å². The van der Waals surface area contributed by atoms with Crippen molar-refractivity contribution in [3.8, 4) is 0 Å². The minimum Gasteiger partial charge on any atom is -0.356 e. The van der Waals surface area contributed by atoms with Crippen molar-refractivity contribution in [3.05, 3.63) is 0 Å². The molecule has 0 aromatic carbocycles. The molecule has 0 unspecified atom stereocenters. The topological polar surface area (TPSA) is 65.5 Å². The molecule has 5 nitrogen and oxygen atoms in total. The van der Waals surface area contributed by atoms with Gasteiger partial charge in [0.1, 0.15) is 0 Å². The molecule has 1 fully saturated rings. The second kappa shape index (κ2) is 10.5. The van der Waals surface area contributed by atoms with Gasteiger partial charge in [0.05, 0.1) is 0 Å². The molecule has 1 aliphatic carbocycles. The molecule has 5 heteroatoms. The first-order valence-electron chi connectivity index (χ1n) is 8.35. The number of nitrogens with zero attached hydrogens (tertiary/aromatic N) is 1. The predicted octanol–water partition coefficient (Wildman–Crippen LogP) is 1.89. The van der Waals surface area contributed by atoms with Gasteiger partial charge in [-0.3, -0.25) is 9.79 Å². The Labute approximate surface area is 129 Å². The summed E-state index contributed by atoms with van der Waals surface area (Å²) in [6.45, 7) is 6.70. The number of nitrogens with one attached hydrogen (secondary N) is 3. The third-order valence-corrected chi connectivity index (χ3v) is 3.93. The summed E-state index contributed by atoms with van der Waals surface area (Å²) >= 11 is 0. The molecular formula is C16H32N4O. The lowest BCUT2D eigenvalue weighted by molar-refractivity contribution is -0.125. The largest absolute Gasteiger partial charge is 0.356 e. The third-order valence-electron chi connectivity index (χ3n) is 3.93. The van der Waals surface area contributed by atoms with E-state index in [9.17, 15) is 4.79 Å². The zero-order valence-corrected chi connectivity index (χ0v) is 13.9. The first-order chi connectivity index (χ1) is 10.1. The van der Waals surface area contributed by atoms with Crippen LogP contribution in [-0.4, -0.2) is 38.5 Å². The Hall–Kier alpha value is -1.26. The molecule has 1 aliphatic rings. The number of carbonyl (C=O) groups excluding carboxylic acids is 1. The smallest absolute Gasteiger partial charge is 0.223 e. The fourth-order valence-corrected chi connectivity index (χ4v) is 2.58. The van der Waals surface area contributed by atoms with E-state index in [0.29, 0.717) is 19.0 Å². The number of amides is 1. The Morgan fingerprint density at radius 1 is 1.05 bits per heavy atom. The van der Waals surface area contributed by atoms with E-state index in [0.717, 1.165) is 31.8 Å². The van der Waals surface area contributed by atoms with Crippen LogP contribution in [0.5, 0.6) is 0 Å². The Balaban J connectivity index is 2.09. The Morgan fingerprint density at radius 2 is 1.67 bits per heavy atom. The number of rotatable bonds is 7. The molecule has 21 heavy (non-hydrogen) atoms. The molecule has 0 aromatic rings. The first kappa shape index (κ1) is 17.8. The zero-order valence-electron chi connectivity index (χ0n) is 13.9. The normalized spacial score (nSPS) is 16.9. The van der Waals surface area contributed by atoms with E-state index in [1.165, 1.54) is 19.3 Å². The second-order valence-electron chi connectivity index (χ2n) is 6.23. The average molecular weight is 296 g/mol. The molecule has 0 saturated heterocycles. The van der Waals surface area contributed by atoms with E-state index in [1.807, 2.05) is 0 Å². The van der Waals surface area contributed by atoms with Crippen LogP contribution in [0.1, 0.15) is 52.4 Å². The summed E-state index contributed by atoms with van der Waals surface area (Å²) in [5.41, 5.74) is 0. The van der Waals surface area contributed by atoms with Crippen molar-refractivity contribution in [1.82, 2.24) is 16.0 Å². The van der Waals surface area contributed by atoms with Crippen LogP contribution in [0.15, 0.2) is 4.99 Å². The van der Waals surface area contributed by atoms with Gasteiger partial charge in [0.25, 0.3) is 0 Å². The zero-order chi connectivity index (χ0) is 15.5. The third kappa shape index (κ3) is 7.93. The van der Waals surface area contributed by atoms with E-state index in [4.69, 9.17) is 0 Å². The molecule has 122 valence electrons.